The summed E-state index contributed by atoms with van der Waals surface area (Å²) in [4.78, 5) is 14.2. The minimum atomic E-state index is -0.410. The van der Waals surface area contributed by atoms with Crippen molar-refractivity contribution in [2.24, 2.45) is 0 Å². The third kappa shape index (κ3) is 3.77. The van der Waals surface area contributed by atoms with Crippen LogP contribution in [0.5, 0.6) is 0 Å². The van der Waals surface area contributed by atoms with Crippen LogP contribution in [0.2, 0.25) is 5.02 Å². The number of ether oxygens (including phenoxy) is 1. The Labute approximate surface area is 176 Å². The molecule has 1 N–H and O–H groups in total. The standard InChI is InChI=1S/C20H18ClN5O2S/c1-28-11-16-18(24-25-26(16)13-8-6-12(21)7-9-13)19(27)23-20-15(10-22)14-4-2-3-5-17(14)29-20/h6-9H,2-5,11H2,1H3,(H,23,27). The van der Waals surface area contributed by atoms with Crippen molar-refractivity contribution < 1.29 is 9.53 Å². The molecule has 4 rings (SSSR count). The van der Waals surface area contributed by atoms with Crippen LogP contribution in [-0.4, -0.2) is 28.0 Å². The zero-order chi connectivity index (χ0) is 20.4. The number of fused-ring (bicyclic) bond motifs is 1. The van der Waals surface area contributed by atoms with Crippen LogP contribution in [0, 0.1) is 11.3 Å². The molecule has 29 heavy (non-hydrogen) atoms. The minimum absolute atomic E-state index is 0.157. The quantitative estimate of drug-likeness (QED) is 0.660. The zero-order valence-electron chi connectivity index (χ0n) is 15.7. The number of aryl methyl sites for hydroxylation is 1. The van der Waals surface area contributed by atoms with Gasteiger partial charge in [-0.2, -0.15) is 5.26 Å². The average molecular weight is 428 g/mol. The molecule has 0 bridgehead atoms. The lowest BCUT2D eigenvalue weighted by molar-refractivity contribution is 0.101. The summed E-state index contributed by atoms with van der Waals surface area (Å²) in [5, 5.41) is 21.9. The Bertz CT molecular complexity index is 1100. The number of nitriles is 1. The second-order valence-corrected chi connectivity index (χ2v) is 8.23. The first kappa shape index (κ1) is 19.6. The predicted molar refractivity (Wildman–Crippen MR) is 111 cm³/mol. The molecule has 1 amide bonds. The lowest BCUT2D eigenvalue weighted by Gasteiger charge is -2.09. The van der Waals surface area contributed by atoms with E-state index in [4.69, 9.17) is 16.3 Å². The van der Waals surface area contributed by atoms with Gasteiger partial charge in [-0.3, -0.25) is 4.79 Å². The number of thiophene rings is 1. The first-order valence-corrected chi connectivity index (χ1v) is 10.4. The van der Waals surface area contributed by atoms with Gasteiger partial charge in [0.1, 0.15) is 16.8 Å². The van der Waals surface area contributed by atoms with Gasteiger partial charge in [-0.1, -0.05) is 16.8 Å². The van der Waals surface area contributed by atoms with Crippen molar-refractivity contribution in [3.05, 3.63) is 56.7 Å². The summed E-state index contributed by atoms with van der Waals surface area (Å²) in [5.74, 6) is -0.410. The Morgan fingerprint density at radius 2 is 2.10 bits per heavy atom. The van der Waals surface area contributed by atoms with Gasteiger partial charge in [-0.05, 0) is 55.5 Å². The highest BCUT2D eigenvalue weighted by atomic mass is 35.5. The zero-order valence-corrected chi connectivity index (χ0v) is 17.3. The van der Waals surface area contributed by atoms with Crippen LogP contribution < -0.4 is 5.32 Å². The van der Waals surface area contributed by atoms with Gasteiger partial charge in [-0.25, -0.2) is 4.68 Å². The second-order valence-electron chi connectivity index (χ2n) is 6.69. The third-order valence-corrected chi connectivity index (χ3v) is 6.30. The number of carbonyl (C=O) groups is 1. The summed E-state index contributed by atoms with van der Waals surface area (Å²) in [6.45, 7) is 0.157. The van der Waals surface area contributed by atoms with Crippen LogP contribution in [0.4, 0.5) is 5.00 Å². The average Bonchev–Trinajstić information content (AvgIpc) is 3.29. The summed E-state index contributed by atoms with van der Waals surface area (Å²) >= 11 is 7.44. The van der Waals surface area contributed by atoms with Gasteiger partial charge >= 0.3 is 0 Å². The molecule has 0 unspecified atom stereocenters. The monoisotopic (exact) mass is 427 g/mol. The molecule has 0 radical (unpaired) electrons. The van der Waals surface area contributed by atoms with Crippen LogP contribution in [-0.2, 0) is 24.2 Å². The van der Waals surface area contributed by atoms with Gasteiger partial charge in [-0.15, -0.1) is 16.4 Å². The first-order chi connectivity index (χ1) is 14.1. The van der Waals surface area contributed by atoms with E-state index in [2.05, 4.69) is 21.7 Å². The molecule has 2 heterocycles. The van der Waals surface area contributed by atoms with Crippen LogP contribution in [0.15, 0.2) is 24.3 Å². The number of hydrogen-bond acceptors (Lipinski definition) is 6. The molecular formula is C20H18ClN5O2S. The molecule has 1 aliphatic carbocycles. The van der Waals surface area contributed by atoms with Crippen molar-refractivity contribution in [2.45, 2.75) is 32.3 Å². The highest BCUT2D eigenvalue weighted by Crippen LogP contribution is 2.37. The van der Waals surface area contributed by atoms with E-state index in [1.54, 1.807) is 36.1 Å². The van der Waals surface area contributed by atoms with Crippen molar-refractivity contribution in [1.29, 1.82) is 5.26 Å². The molecule has 0 fully saturated rings. The van der Waals surface area contributed by atoms with E-state index in [0.29, 0.717) is 21.3 Å². The van der Waals surface area contributed by atoms with E-state index in [0.717, 1.165) is 36.9 Å². The Hall–Kier alpha value is -2.73. The molecule has 1 aliphatic rings. The van der Waals surface area contributed by atoms with Gasteiger partial charge in [0, 0.05) is 17.0 Å². The van der Waals surface area contributed by atoms with E-state index in [-0.39, 0.29) is 12.3 Å². The normalized spacial score (nSPS) is 13.0. The highest BCUT2D eigenvalue weighted by Gasteiger charge is 2.25. The maximum absolute atomic E-state index is 13.0. The van der Waals surface area contributed by atoms with Crippen LogP contribution in [0.3, 0.4) is 0 Å². The number of rotatable bonds is 5. The summed E-state index contributed by atoms with van der Waals surface area (Å²) < 4.78 is 6.82. The SMILES string of the molecule is COCc1c(C(=O)Nc2sc3c(c2C#N)CCCC3)nnn1-c1ccc(Cl)cc1. The number of nitrogens with zero attached hydrogens (tertiary/aromatic N) is 4. The van der Waals surface area contributed by atoms with E-state index < -0.39 is 5.91 Å². The topological polar surface area (TPSA) is 92.8 Å². The van der Waals surface area contributed by atoms with Crippen molar-refractivity contribution >= 4 is 33.8 Å². The Balaban J connectivity index is 1.67. The van der Waals surface area contributed by atoms with E-state index in [1.165, 1.54) is 16.2 Å². The van der Waals surface area contributed by atoms with E-state index in [9.17, 15) is 10.1 Å². The van der Waals surface area contributed by atoms with Crippen molar-refractivity contribution in [1.82, 2.24) is 15.0 Å². The summed E-state index contributed by atoms with van der Waals surface area (Å²) in [6, 6.07) is 9.32. The molecule has 0 saturated heterocycles. The van der Waals surface area contributed by atoms with Gasteiger partial charge in [0.25, 0.3) is 5.91 Å². The fourth-order valence-corrected chi connectivity index (χ4v) is 4.83. The summed E-state index contributed by atoms with van der Waals surface area (Å²) in [7, 11) is 1.54. The molecule has 1 aromatic carbocycles. The predicted octanol–water partition coefficient (Wildman–Crippen LogP) is 4.13. The van der Waals surface area contributed by atoms with Crippen LogP contribution in [0.25, 0.3) is 5.69 Å². The van der Waals surface area contributed by atoms with Crippen molar-refractivity contribution in [3.8, 4) is 11.8 Å². The Morgan fingerprint density at radius 1 is 1.34 bits per heavy atom. The molecule has 7 nitrogen and oxygen atoms in total. The van der Waals surface area contributed by atoms with Gasteiger partial charge in [0.05, 0.1) is 17.9 Å². The fourth-order valence-electron chi connectivity index (χ4n) is 3.47. The van der Waals surface area contributed by atoms with Crippen molar-refractivity contribution in [2.75, 3.05) is 12.4 Å². The van der Waals surface area contributed by atoms with Gasteiger partial charge < -0.3 is 10.1 Å². The molecule has 2 aromatic heterocycles. The van der Waals surface area contributed by atoms with Crippen LogP contribution >= 0.6 is 22.9 Å². The number of amides is 1. The first-order valence-electron chi connectivity index (χ1n) is 9.17. The molecular weight excluding hydrogens is 410 g/mol. The molecule has 0 spiro atoms. The maximum atomic E-state index is 13.0. The molecule has 9 heteroatoms. The second kappa shape index (κ2) is 8.33. The molecule has 3 aromatic rings. The fraction of sp³-hybridized carbons (Fsp3) is 0.300. The van der Waals surface area contributed by atoms with Crippen LogP contribution in [0.1, 0.15) is 45.0 Å². The van der Waals surface area contributed by atoms with Gasteiger partial charge in [0.15, 0.2) is 5.69 Å². The number of hydrogen-bond donors (Lipinski definition) is 1. The summed E-state index contributed by atoms with van der Waals surface area (Å²) in [6.07, 6.45) is 4.01. The smallest absolute Gasteiger partial charge is 0.278 e. The minimum Gasteiger partial charge on any atom is -0.378 e. The lowest BCUT2D eigenvalue weighted by atomic mass is 9.96. The maximum Gasteiger partial charge on any atom is 0.278 e. The number of methoxy groups -OCH3 is 1. The molecule has 148 valence electrons. The van der Waals surface area contributed by atoms with E-state index in [1.807, 2.05) is 0 Å². The van der Waals surface area contributed by atoms with Gasteiger partial charge in [0.2, 0.25) is 0 Å². The molecule has 0 aliphatic heterocycles. The van der Waals surface area contributed by atoms with Crippen molar-refractivity contribution in [3.63, 3.8) is 0 Å². The highest BCUT2D eigenvalue weighted by molar-refractivity contribution is 7.16. The number of halogens is 1. The Kier molecular flexibility index (Phi) is 5.62. The lowest BCUT2D eigenvalue weighted by Crippen LogP contribution is -2.16. The largest absolute Gasteiger partial charge is 0.378 e. The number of carbonyl (C=O) groups excluding carboxylic acids is 1. The third-order valence-electron chi connectivity index (χ3n) is 4.84. The number of benzene rings is 1. The number of anilines is 1. The number of nitrogens with one attached hydrogen (secondary N) is 1. The Morgan fingerprint density at radius 3 is 2.83 bits per heavy atom. The molecule has 0 atom stereocenters. The summed E-state index contributed by atoms with van der Waals surface area (Å²) in [5.41, 5.74) is 3.04. The number of aromatic nitrogens is 3. The van der Waals surface area contributed by atoms with E-state index >= 15 is 0 Å². The molecule has 0 saturated carbocycles.